The molecule has 0 unspecified atom stereocenters. The minimum Gasteiger partial charge on any atom is -0.486 e. The normalized spacial score (nSPS) is 11.5. The van der Waals surface area contributed by atoms with Crippen LogP contribution in [0, 0.1) is 13.8 Å². The molecule has 0 radical (unpaired) electrons. The number of nitrogens with zero attached hydrogens (tertiary/aromatic N) is 4. The van der Waals surface area contributed by atoms with Gasteiger partial charge in [0.15, 0.2) is 5.76 Å². The lowest BCUT2D eigenvalue weighted by Gasteiger charge is -2.08. The molecular formula is C21H19ClN4O3S. The summed E-state index contributed by atoms with van der Waals surface area (Å²) in [5.41, 5.74) is 1.95. The molecule has 0 aliphatic carbocycles. The Morgan fingerprint density at radius 3 is 2.70 bits per heavy atom. The van der Waals surface area contributed by atoms with Crippen molar-refractivity contribution in [3.05, 3.63) is 70.3 Å². The van der Waals surface area contributed by atoms with E-state index in [2.05, 4.69) is 15.3 Å². The van der Waals surface area contributed by atoms with E-state index < -0.39 is 0 Å². The van der Waals surface area contributed by atoms with E-state index in [0.29, 0.717) is 34.9 Å². The van der Waals surface area contributed by atoms with Crippen LogP contribution in [0.4, 0.5) is 0 Å². The Kier molecular flexibility index (Phi) is 5.96. The summed E-state index contributed by atoms with van der Waals surface area (Å²) >= 11 is 7.64. The maximum Gasteiger partial charge on any atom is 0.221 e. The number of thioether (sulfide) groups is 1. The van der Waals surface area contributed by atoms with Crippen molar-refractivity contribution in [2.24, 2.45) is 5.10 Å². The topological polar surface area (TPSA) is 78.6 Å². The van der Waals surface area contributed by atoms with Crippen molar-refractivity contribution >= 4 is 29.6 Å². The van der Waals surface area contributed by atoms with Crippen LogP contribution >= 0.6 is 23.4 Å². The number of ether oxygens (including phenoxy) is 1. The Bertz CT molecular complexity index is 1160. The summed E-state index contributed by atoms with van der Waals surface area (Å²) in [5, 5.41) is 14.1. The predicted molar refractivity (Wildman–Crippen MR) is 116 cm³/mol. The third kappa shape index (κ3) is 4.29. The molecule has 0 fully saturated rings. The number of halogens is 1. The van der Waals surface area contributed by atoms with Crippen molar-refractivity contribution in [1.82, 2.24) is 14.9 Å². The van der Waals surface area contributed by atoms with E-state index in [1.165, 1.54) is 11.8 Å². The van der Waals surface area contributed by atoms with Crippen LogP contribution in [-0.4, -0.2) is 27.3 Å². The molecule has 4 aromatic rings. The number of aromatic nitrogens is 3. The first-order chi connectivity index (χ1) is 14.5. The fraction of sp³-hybridized carbons (Fsp3) is 0.190. The number of rotatable bonds is 7. The summed E-state index contributed by atoms with van der Waals surface area (Å²) < 4.78 is 18.7. The van der Waals surface area contributed by atoms with E-state index in [0.717, 1.165) is 21.9 Å². The molecule has 0 N–H and O–H groups in total. The molecule has 7 nitrogen and oxygen atoms in total. The zero-order chi connectivity index (χ0) is 21.1. The molecule has 0 spiro atoms. The van der Waals surface area contributed by atoms with Gasteiger partial charge < -0.3 is 13.6 Å². The summed E-state index contributed by atoms with van der Waals surface area (Å²) in [6.07, 6.45) is 5.10. The zero-order valence-corrected chi connectivity index (χ0v) is 18.2. The number of hydrogen-bond donors (Lipinski definition) is 0. The Hall–Kier alpha value is -2.97. The average Bonchev–Trinajstić information content (AvgIpc) is 3.49. The van der Waals surface area contributed by atoms with Gasteiger partial charge in [-0.1, -0.05) is 23.4 Å². The molecule has 0 amide bonds. The molecule has 0 saturated heterocycles. The first-order valence-corrected chi connectivity index (χ1v) is 10.7. The standard InChI is InChI=1S/C21H19ClN4O3S/c1-13-9-17(10-14(2)19(13)22)28-12-16-7-6-15(29-16)11-23-26-20(18-5-4-8-27-18)24-25-21(26)30-3/h4-11H,12H2,1-3H3/b23-11+. The molecule has 9 heteroatoms. The van der Waals surface area contributed by atoms with Gasteiger partial charge >= 0.3 is 0 Å². The van der Waals surface area contributed by atoms with Gasteiger partial charge in [-0.2, -0.15) is 9.78 Å². The van der Waals surface area contributed by atoms with Crippen LogP contribution in [0.15, 0.2) is 61.8 Å². The van der Waals surface area contributed by atoms with Crippen LogP contribution in [0.5, 0.6) is 5.75 Å². The number of benzene rings is 1. The van der Waals surface area contributed by atoms with E-state index in [-0.39, 0.29) is 0 Å². The summed E-state index contributed by atoms with van der Waals surface area (Å²) in [6, 6.07) is 11.1. The van der Waals surface area contributed by atoms with Crippen molar-refractivity contribution in [1.29, 1.82) is 0 Å². The lowest BCUT2D eigenvalue weighted by Crippen LogP contribution is -1.96. The van der Waals surface area contributed by atoms with Gasteiger partial charge in [-0.05, 0) is 67.6 Å². The SMILES string of the molecule is CSc1nnc(-c2ccco2)n1/N=C/c1ccc(COc2cc(C)c(Cl)c(C)c2)o1. The highest BCUT2D eigenvalue weighted by Gasteiger charge is 2.15. The van der Waals surface area contributed by atoms with Crippen molar-refractivity contribution in [3.63, 3.8) is 0 Å². The van der Waals surface area contributed by atoms with E-state index >= 15 is 0 Å². The third-order valence-electron chi connectivity index (χ3n) is 4.31. The van der Waals surface area contributed by atoms with E-state index in [1.807, 2.05) is 50.4 Å². The van der Waals surface area contributed by atoms with Gasteiger partial charge in [0.2, 0.25) is 11.0 Å². The van der Waals surface area contributed by atoms with Gasteiger partial charge in [-0.15, -0.1) is 10.2 Å². The van der Waals surface area contributed by atoms with Crippen molar-refractivity contribution < 1.29 is 13.6 Å². The first kappa shape index (κ1) is 20.3. The number of furan rings is 2. The highest BCUT2D eigenvalue weighted by atomic mass is 35.5. The largest absolute Gasteiger partial charge is 0.486 e. The van der Waals surface area contributed by atoms with E-state index in [1.54, 1.807) is 23.2 Å². The Morgan fingerprint density at radius 1 is 1.20 bits per heavy atom. The Balaban J connectivity index is 1.48. The van der Waals surface area contributed by atoms with Crippen molar-refractivity contribution in [3.8, 4) is 17.3 Å². The molecule has 0 aliphatic heterocycles. The van der Waals surface area contributed by atoms with Crippen LogP contribution < -0.4 is 4.74 Å². The summed E-state index contributed by atoms with van der Waals surface area (Å²) in [6.45, 7) is 4.21. The molecule has 0 aliphatic rings. The first-order valence-electron chi connectivity index (χ1n) is 9.11. The minimum absolute atomic E-state index is 0.300. The monoisotopic (exact) mass is 442 g/mol. The lowest BCUT2D eigenvalue weighted by atomic mass is 10.1. The maximum absolute atomic E-state index is 6.21. The summed E-state index contributed by atoms with van der Waals surface area (Å²) in [4.78, 5) is 0. The second-order valence-electron chi connectivity index (χ2n) is 6.51. The number of aryl methyl sites for hydroxylation is 2. The van der Waals surface area contributed by atoms with E-state index in [9.17, 15) is 0 Å². The Morgan fingerprint density at radius 2 is 2.00 bits per heavy atom. The summed E-state index contributed by atoms with van der Waals surface area (Å²) in [5.74, 6) is 3.12. The van der Waals surface area contributed by atoms with Gasteiger partial charge in [-0.3, -0.25) is 0 Å². The van der Waals surface area contributed by atoms with Crippen LogP contribution in [0.25, 0.3) is 11.6 Å². The molecule has 4 rings (SSSR count). The fourth-order valence-electron chi connectivity index (χ4n) is 2.86. The molecule has 3 heterocycles. The molecule has 30 heavy (non-hydrogen) atoms. The molecule has 154 valence electrons. The Labute approximate surface area is 182 Å². The second kappa shape index (κ2) is 8.81. The fourth-order valence-corrected chi connectivity index (χ4v) is 3.39. The van der Waals surface area contributed by atoms with Gasteiger partial charge in [0.25, 0.3) is 0 Å². The average molecular weight is 443 g/mol. The molecule has 0 bridgehead atoms. The summed E-state index contributed by atoms with van der Waals surface area (Å²) in [7, 11) is 0. The lowest BCUT2D eigenvalue weighted by molar-refractivity contribution is 0.269. The maximum atomic E-state index is 6.21. The van der Waals surface area contributed by atoms with Crippen LogP contribution in [0.2, 0.25) is 5.02 Å². The second-order valence-corrected chi connectivity index (χ2v) is 7.66. The molecule has 0 saturated carbocycles. The van der Waals surface area contributed by atoms with Crippen LogP contribution in [0.3, 0.4) is 0 Å². The van der Waals surface area contributed by atoms with Gasteiger partial charge in [0, 0.05) is 5.02 Å². The molecule has 3 aromatic heterocycles. The third-order valence-corrected chi connectivity index (χ3v) is 5.53. The van der Waals surface area contributed by atoms with Crippen LogP contribution in [-0.2, 0) is 6.61 Å². The molecule has 1 aromatic carbocycles. The van der Waals surface area contributed by atoms with E-state index in [4.69, 9.17) is 25.2 Å². The predicted octanol–water partition coefficient (Wildman–Crippen LogP) is 5.58. The minimum atomic E-state index is 0.300. The van der Waals surface area contributed by atoms with Crippen LogP contribution in [0.1, 0.15) is 22.6 Å². The van der Waals surface area contributed by atoms with Crippen molar-refractivity contribution in [2.75, 3.05) is 6.26 Å². The highest BCUT2D eigenvalue weighted by molar-refractivity contribution is 7.98. The van der Waals surface area contributed by atoms with Gasteiger partial charge in [0.05, 0.1) is 12.5 Å². The van der Waals surface area contributed by atoms with Gasteiger partial charge in [-0.25, -0.2) is 0 Å². The molecular weight excluding hydrogens is 424 g/mol. The quantitative estimate of drug-likeness (QED) is 0.274. The van der Waals surface area contributed by atoms with Gasteiger partial charge in [0.1, 0.15) is 23.9 Å². The number of hydrogen-bond acceptors (Lipinski definition) is 7. The zero-order valence-electron chi connectivity index (χ0n) is 16.6. The highest BCUT2D eigenvalue weighted by Crippen LogP contribution is 2.27. The van der Waals surface area contributed by atoms with Crippen molar-refractivity contribution in [2.45, 2.75) is 25.6 Å². The smallest absolute Gasteiger partial charge is 0.221 e. The molecule has 0 atom stereocenters.